The van der Waals surface area contributed by atoms with Crippen LogP contribution in [0.2, 0.25) is 5.02 Å². The number of anilines is 1. The first-order valence-corrected chi connectivity index (χ1v) is 7.02. The number of nitrogens with one attached hydrogen (secondary N) is 1. The Balaban J connectivity index is 2.19. The minimum absolute atomic E-state index is 0.131. The monoisotopic (exact) mass is 374 g/mol. The average Bonchev–Trinajstić information content (AvgIpc) is 2.38. The van der Waals surface area contributed by atoms with Gasteiger partial charge in [0.1, 0.15) is 11.6 Å². The molecular formula is C14H10BrClF2N2O. The molecule has 0 unspecified atom stereocenters. The summed E-state index contributed by atoms with van der Waals surface area (Å²) < 4.78 is 26.9. The smallest absolute Gasteiger partial charge is 0.248 e. The summed E-state index contributed by atoms with van der Waals surface area (Å²) in [4.78, 5) is 11.0. The first-order chi connectivity index (χ1) is 9.88. The maximum Gasteiger partial charge on any atom is 0.248 e. The highest BCUT2D eigenvalue weighted by Gasteiger charge is 2.11. The molecule has 0 saturated heterocycles. The van der Waals surface area contributed by atoms with Gasteiger partial charge in [0.05, 0.1) is 5.69 Å². The van der Waals surface area contributed by atoms with Crippen molar-refractivity contribution in [2.75, 3.05) is 5.32 Å². The Morgan fingerprint density at radius 3 is 2.57 bits per heavy atom. The molecule has 3 nitrogen and oxygen atoms in total. The Kier molecular flexibility index (Phi) is 4.80. The second-order valence-electron chi connectivity index (χ2n) is 4.27. The molecular weight excluding hydrogens is 366 g/mol. The van der Waals surface area contributed by atoms with Crippen molar-refractivity contribution in [3.63, 3.8) is 0 Å². The van der Waals surface area contributed by atoms with Crippen LogP contribution in [-0.2, 0) is 6.54 Å². The van der Waals surface area contributed by atoms with Crippen molar-refractivity contribution in [3.05, 3.63) is 62.6 Å². The molecule has 0 aliphatic rings. The predicted molar refractivity (Wildman–Crippen MR) is 81.4 cm³/mol. The van der Waals surface area contributed by atoms with Crippen molar-refractivity contribution < 1.29 is 13.6 Å². The molecule has 21 heavy (non-hydrogen) atoms. The van der Waals surface area contributed by atoms with E-state index in [1.54, 1.807) is 6.07 Å². The maximum absolute atomic E-state index is 13.7. The number of carbonyl (C=O) groups excluding carboxylic acids is 1. The molecule has 0 aromatic heterocycles. The molecule has 2 aromatic carbocycles. The number of benzene rings is 2. The van der Waals surface area contributed by atoms with Gasteiger partial charge in [0.15, 0.2) is 0 Å². The number of nitrogens with two attached hydrogens (primary N) is 1. The lowest BCUT2D eigenvalue weighted by Crippen LogP contribution is -2.11. The second kappa shape index (κ2) is 6.41. The molecule has 0 atom stereocenters. The van der Waals surface area contributed by atoms with E-state index in [0.29, 0.717) is 10.6 Å². The van der Waals surface area contributed by atoms with Gasteiger partial charge in [-0.05, 0) is 39.7 Å². The zero-order valence-electron chi connectivity index (χ0n) is 10.6. The Bertz CT molecular complexity index is 686. The molecule has 0 bridgehead atoms. The minimum Gasteiger partial charge on any atom is -0.378 e. The van der Waals surface area contributed by atoms with Gasteiger partial charge in [-0.3, -0.25) is 4.79 Å². The van der Waals surface area contributed by atoms with Crippen molar-refractivity contribution in [2.24, 2.45) is 5.73 Å². The molecule has 0 fully saturated rings. The van der Waals surface area contributed by atoms with Crippen LogP contribution in [0.25, 0.3) is 0 Å². The first kappa shape index (κ1) is 15.7. The van der Waals surface area contributed by atoms with E-state index in [0.717, 1.165) is 12.1 Å². The van der Waals surface area contributed by atoms with Crippen LogP contribution in [0.4, 0.5) is 14.5 Å². The zero-order valence-corrected chi connectivity index (χ0v) is 12.9. The van der Waals surface area contributed by atoms with Crippen LogP contribution in [0, 0.1) is 11.6 Å². The Hall–Kier alpha value is -1.66. The maximum atomic E-state index is 13.7. The summed E-state index contributed by atoms with van der Waals surface area (Å²) in [6, 6.07) is 6.52. The number of halogens is 4. The van der Waals surface area contributed by atoms with Crippen molar-refractivity contribution in [2.45, 2.75) is 6.54 Å². The van der Waals surface area contributed by atoms with Gasteiger partial charge in [0.25, 0.3) is 0 Å². The summed E-state index contributed by atoms with van der Waals surface area (Å²) in [5.41, 5.74) is 6.22. The lowest BCUT2D eigenvalue weighted by Gasteiger charge is -2.11. The molecule has 0 saturated carbocycles. The van der Waals surface area contributed by atoms with Crippen LogP contribution >= 0.6 is 27.5 Å². The topological polar surface area (TPSA) is 55.1 Å². The highest BCUT2D eigenvalue weighted by molar-refractivity contribution is 9.10. The van der Waals surface area contributed by atoms with E-state index in [1.165, 1.54) is 12.1 Å². The number of amides is 1. The Morgan fingerprint density at radius 1 is 1.29 bits per heavy atom. The van der Waals surface area contributed by atoms with Crippen LogP contribution in [0.15, 0.2) is 34.8 Å². The lowest BCUT2D eigenvalue weighted by atomic mass is 10.1. The fraction of sp³-hybridized carbons (Fsp3) is 0.0714. The van der Waals surface area contributed by atoms with Crippen LogP contribution < -0.4 is 11.1 Å². The molecule has 0 aliphatic heterocycles. The SMILES string of the molecule is NC(=O)c1ccc(CNc2c(F)cc(F)cc2Br)c(Cl)c1. The zero-order chi connectivity index (χ0) is 15.6. The fourth-order valence-corrected chi connectivity index (χ4v) is 2.53. The second-order valence-corrected chi connectivity index (χ2v) is 5.53. The summed E-state index contributed by atoms with van der Waals surface area (Å²) >= 11 is 9.12. The van der Waals surface area contributed by atoms with E-state index in [-0.39, 0.29) is 22.3 Å². The molecule has 1 amide bonds. The van der Waals surface area contributed by atoms with Crippen molar-refractivity contribution in [1.29, 1.82) is 0 Å². The summed E-state index contributed by atoms with van der Waals surface area (Å²) in [5, 5.41) is 3.16. The van der Waals surface area contributed by atoms with Gasteiger partial charge in [-0.2, -0.15) is 0 Å². The number of hydrogen-bond donors (Lipinski definition) is 2. The number of hydrogen-bond acceptors (Lipinski definition) is 2. The highest BCUT2D eigenvalue weighted by atomic mass is 79.9. The third-order valence-electron chi connectivity index (χ3n) is 2.80. The van der Waals surface area contributed by atoms with Crippen LogP contribution in [-0.4, -0.2) is 5.91 Å². The quantitative estimate of drug-likeness (QED) is 0.845. The number of carbonyl (C=O) groups is 1. The van der Waals surface area contributed by atoms with Crippen LogP contribution in [0.5, 0.6) is 0 Å². The van der Waals surface area contributed by atoms with Crippen molar-refractivity contribution >= 4 is 39.1 Å². The fourth-order valence-electron chi connectivity index (χ4n) is 1.74. The third kappa shape index (κ3) is 3.71. The van der Waals surface area contributed by atoms with Crippen LogP contribution in [0.3, 0.4) is 0 Å². The van der Waals surface area contributed by atoms with E-state index in [2.05, 4.69) is 21.2 Å². The highest BCUT2D eigenvalue weighted by Crippen LogP contribution is 2.28. The molecule has 110 valence electrons. The Morgan fingerprint density at radius 2 is 2.00 bits per heavy atom. The standard InChI is InChI=1S/C14H10BrClF2N2O/c15-10-4-9(17)5-12(18)13(10)20-6-8-2-1-7(14(19)21)3-11(8)16/h1-5,20H,6H2,(H2,19,21). The Labute approximate surface area is 133 Å². The van der Waals surface area contributed by atoms with E-state index < -0.39 is 17.5 Å². The largest absolute Gasteiger partial charge is 0.378 e. The first-order valence-electron chi connectivity index (χ1n) is 5.85. The number of primary amides is 1. The summed E-state index contributed by atoms with van der Waals surface area (Å²) in [7, 11) is 0. The summed E-state index contributed by atoms with van der Waals surface area (Å²) in [6.07, 6.45) is 0. The van der Waals surface area contributed by atoms with Gasteiger partial charge in [0, 0.05) is 27.7 Å². The van der Waals surface area contributed by atoms with Gasteiger partial charge in [-0.15, -0.1) is 0 Å². The molecule has 2 aromatic rings. The predicted octanol–water partition coefficient (Wildman–Crippen LogP) is 4.09. The summed E-state index contributed by atoms with van der Waals surface area (Å²) in [5.74, 6) is -1.97. The molecule has 7 heteroatoms. The molecule has 0 spiro atoms. The van der Waals surface area contributed by atoms with Crippen molar-refractivity contribution in [1.82, 2.24) is 0 Å². The molecule has 0 aliphatic carbocycles. The van der Waals surface area contributed by atoms with E-state index >= 15 is 0 Å². The minimum atomic E-state index is -0.716. The van der Waals surface area contributed by atoms with Gasteiger partial charge in [0.2, 0.25) is 5.91 Å². The lowest BCUT2D eigenvalue weighted by molar-refractivity contribution is 0.100. The third-order valence-corrected chi connectivity index (χ3v) is 3.78. The van der Waals surface area contributed by atoms with E-state index in [1.807, 2.05) is 0 Å². The van der Waals surface area contributed by atoms with Gasteiger partial charge in [-0.25, -0.2) is 8.78 Å². The van der Waals surface area contributed by atoms with Gasteiger partial charge in [-0.1, -0.05) is 17.7 Å². The molecule has 3 N–H and O–H groups in total. The molecule has 0 radical (unpaired) electrons. The normalized spacial score (nSPS) is 10.5. The van der Waals surface area contributed by atoms with Gasteiger partial charge >= 0.3 is 0 Å². The van der Waals surface area contributed by atoms with Gasteiger partial charge < -0.3 is 11.1 Å². The van der Waals surface area contributed by atoms with Crippen molar-refractivity contribution in [3.8, 4) is 0 Å². The number of rotatable bonds is 4. The van der Waals surface area contributed by atoms with Crippen LogP contribution in [0.1, 0.15) is 15.9 Å². The van der Waals surface area contributed by atoms with E-state index in [9.17, 15) is 13.6 Å². The van der Waals surface area contributed by atoms with E-state index in [4.69, 9.17) is 17.3 Å². The summed E-state index contributed by atoms with van der Waals surface area (Å²) in [6.45, 7) is 0.207. The molecule has 2 rings (SSSR count). The average molecular weight is 376 g/mol. The molecule has 0 heterocycles.